The molecule has 2 heterocycles. The van der Waals surface area contributed by atoms with Gasteiger partial charge in [-0.3, -0.25) is 14.7 Å². The van der Waals surface area contributed by atoms with Gasteiger partial charge in [0.25, 0.3) is 5.56 Å². The number of carbonyl (C=O) groups is 1. The van der Waals surface area contributed by atoms with Gasteiger partial charge in [0.15, 0.2) is 0 Å². The number of hydrogen-bond acceptors (Lipinski definition) is 2. The van der Waals surface area contributed by atoms with Crippen molar-refractivity contribution in [3.05, 3.63) is 21.6 Å². The number of amides is 1. The Hall–Kier alpha value is -1.23. The Morgan fingerprint density at radius 2 is 2.27 bits per heavy atom. The fourth-order valence-electron chi connectivity index (χ4n) is 1.79. The van der Waals surface area contributed by atoms with E-state index in [4.69, 9.17) is 11.6 Å². The summed E-state index contributed by atoms with van der Waals surface area (Å²) in [6, 6.07) is 0. The van der Waals surface area contributed by atoms with Crippen molar-refractivity contribution in [2.45, 2.75) is 19.4 Å². The van der Waals surface area contributed by atoms with Crippen LogP contribution in [0, 0.1) is 0 Å². The molecule has 1 aliphatic rings. The van der Waals surface area contributed by atoms with Gasteiger partial charge in [-0.25, -0.2) is 0 Å². The fraction of sp³-hybridized carbons (Fsp3) is 0.556. The largest absolute Gasteiger partial charge is 0.336 e. The second-order valence-corrected chi connectivity index (χ2v) is 3.92. The predicted molar refractivity (Wildman–Crippen MR) is 55.9 cm³/mol. The zero-order valence-electron chi connectivity index (χ0n) is 8.18. The first-order valence-corrected chi connectivity index (χ1v) is 5.38. The van der Waals surface area contributed by atoms with E-state index in [1.807, 2.05) is 0 Å². The van der Waals surface area contributed by atoms with Crippen molar-refractivity contribution in [3.8, 4) is 0 Å². The van der Waals surface area contributed by atoms with Crippen LogP contribution in [0.2, 0.25) is 0 Å². The van der Waals surface area contributed by atoms with E-state index >= 15 is 0 Å². The third-order valence-corrected chi connectivity index (χ3v) is 2.80. The van der Waals surface area contributed by atoms with E-state index < -0.39 is 0 Å². The van der Waals surface area contributed by atoms with Crippen LogP contribution in [0.4, 0.5) is 0 Å². The smallest absolute Gasteiger partial charge is 0.267 e. The lowest BCUT2D eigenvalue weighted by atomic mass is 10.1. The van der Waals surface area contributed by atoms with Crippen LogP contribution in [0.3, 0.4) is 0 Å². The summed E-state index contributed by atoms with van der Waals surface area (Å²) in [5.41, 5.74) is 1.51. The molecule has 82 valence electrons. The first-order chi connectivity index (χ1) is 7.22. The number of nitrogens with one attached hydrogen (secondary N) is 2. The van der Waals surface area contributed by atoms with Crippen LogP contribution in [0.5, 0.6) is 0 Å². The monoisotopic (exact) mass is 229 g/mol. The van der Waals surface area contributed by atoms with Gasteiger partial charge in [-0.15, -0.1) is 11.6 Å². The summed E-state index contributed by atoms with van der Waals surface area (Å²) in [7, 11) is 0. The summed E-state index contributed by atoms with van der Waals surface area (Å²) < 4.78 is 0. The molecule has 0 saturated carbocycles. The Labute approximate surface area is 91.4 Å². The SMILES string of the molecule is O=C(CCCl)N1CCc2c([nH][nH]c2=O)C1. The van der Waals surface area contributed by atoms with Gasteiger partial charge in [-0.1, -0.05) is 0 Å². The third-order valence-electron chi connectivity index (χ3n) is 2.61. The molecule has 0 aliphatic carbocycles. The summed E-state index contributed by atoms with van der Waals surface area (Å²) in [5.74, 6) is 0.379. The van der Waals surface area contributed by atoms with Crippen molar-refractivity contribution >= 4 is 17.5 Å². The molecule has 0 atom stereocenters. The van der Waals surface area contributed by atoms with Gasteiger partial charge in [0, 0.05) is 24.4 Å². The van der Waals surface area contributed by atoms with E-state index in [-0.39, 0.29) is 11.5 Å². The third kappa shape index (κ3) is 1.92. The molecule has 1 aromatic rings. The maximum Gasteiger partial charge on any atom is 0.267 e. The quantitative estimate of drug-likeness (QED) is 0.713. The van der Waals surface area contributed by atoms with Gasteiger partial charge in [-0.2, -0.15) is 0 Å². The van der Waals surface area contributed by atoms with Crippen LogP contribution >= 0.6 is 11.6 Å². The van der Waals surface area contributed by atoms with Crippen molar-refractivity contribution in [1.29, 1.82) is 0 Å². The molecule has 0 spiro atoms. The highest BCUT2D eigenvalue weighted by Crippen LogP contribution is 2.13. The normalized spacial score (nSPS) is 15.1. The van der Waals surface area contributed by atoms with E-state index in [0.717, 1.165) is 11.3 Å². The fourth-order valence-corrected chi connectivity index (χ4v) is 1.95. The van der Waals surface area contributed by atoms with Crippen molar-refractivity contribution in [2.24, 2.45) is 0 Å². The minimum atomic E-state index is -0.0746. The number of rotatable bonds is 2. The van der Waals surface area contributed by atoms with Crippen molar-refractivity contribution < 1.29 is 4.79 Å². The molecule has 15 heavy (non-hydrogen) atoms. The zero-order chi connectivity index (χ0) is 10.8. The number of aromatic amines is 2. The number of fused-ring (bicyclic) bond motifs is 1. The van der Waals surface area contributed by atoms with Gasteiger partial charge < -0.3 is 10.00 Å². The molecule has 0 aromatic carbocycles. The molecular formula is C9H12ClN3O2. The molecule has 0 radical (unpaired) electrons. The molecule has 1 aliphatic heterocycles. The molecule has 0 fully saturated rings. The summed E-state index contributed by atoms with van der Waals surface area (Å²) >= 11 is 5.51. The number of H-pyrrole nitrogens is 2. The number of carbonyl (C=O) groups excluding carboxylic acids is 1. The standard InChI is InChI=1S/C9H12ClN3O2/c10-3-1-8(14)13-4-2-6-7(5-13)11-12-9(6)15/h1-5H2,(H2,11,12,15). The van der Waals surface area contributed by atoms with Crippen LogP contribution in [-0.4, -0.2) is 33.4 Å². The molecule has 1 aromatic heterocycles. The first-order valence-electron chi connectivity index (χ1n) is 4.84. The van der Waals surface area contributed by atoms with Crippen molar-refractivity contribution in [3.63, 3.8) is 0 Å². The van der Waals surface area contributed by atoms with Gasteiger partial charge in [-0.05, 0) is 6.42 Å². The van der Waals surface area contributed by atoms with E-state index in [0.29, 0.717) is 31.8 Å². The first kappa shape index (κ1) is 10.3. The molecule has 2 rings (SSSR count). The predicted octanol–water partition coefficient (Wildman–Crippen LogP) is 0.217. The molecule has 0 unspecified atom stereocenters. The molecular weight excluding hydrogens is 218 g/mol. The zero-order valence-corrected chi connectivity index (χ0v) is 8.93. The Morgan fingerprint density at radius 1 is 1.47 bits per heavy atom. The second-order valence-electron chi connectivity index (χ2n) is 3.54. The summed E-state index contributed by atoms with van der Waals surface area (Å²) in [5, 5.41) is 5.31. The number of hydrogen-bond donors (Lipinski definition) is 2. The van der Waals surface area contributed by atoms with Crippen LogP contribution in [0.25, 0.3) is 0 Å². The highest BCUT2D eigenvalue weighted by molar-refractivity contribution is 6.18. The number of nitrogens with zero attached hydrogens (tertiary/aromatic N) is 1. The molecule has 1 amide bonds. The Morgan fingerprint density at radius 3 is 3.00 bits per heavy atom. The minimum absolute atomic E-state index is 0.0395. The highest BCUT2D eigenvalue weighted by Gasteiger charge is 2.23. The molecule has 5 nitrogen and oxygen atoms in total. The molecule has 6 heteroatoms. The van der Waals surface area contributed by atoms with Gasteiger partial charge in [0.2, 0.25) is 5.91 Å². The lowest BCUT2D eigenvalue weighted by molar-refractivity contribution is -0.131. The van der Waals surface area contributed by atoms with Crippen molar-refractivity contribution in [1.82, 2.24) is 15.1 Å². The second kappa shape index (κ2) is 4.10. The van der Waals surface area contributed by atoms with Gasteiger partial charge >= 0.3 is 0 Å². The van der Waals surface area contributed by atoms with Crippen LogP contribution < -0.4 is 5.56 Å². The minimum Gasteiger partial charge on any atom is -0.336 e. The van der Waals surface area contributed by atoms with Gasteiger partial charge in [0.05, 0.1) is 12.2 Å². The lowest BCUT2D eigenvalue weighted by Crippen LogP contribution is -2.36. The summed E-state index contributed by atoms with van der Waals surface area (Å²) in [6.07, 6.45) is 0.966. The van der Waals surface area contributed by atoms with Crippen LogP contribution in [-0.2, 0) is 17.8 Å². The molecule has 0 saturated heterocycles. The van der Waals surface area contributed by atoms with Crippen LogP contribution in [0.15, 0.2) is 4.79 Å². The van der Waals surface area contributed by atoms with Crippen molar-refractivity contribution in [2.75, 3.05) is 12.4 Å². The van der Waals surface area contributed by atoms with Crippen LogP contribution in [0.1, 0.15) is 17.7 Å². The topological polar surface area (TPSA) is 69.0 Å². The number of aromatic nitrogens is 2. The molecule has 2 N–H and O–H groups in total. The van der Waals surface area contributed by atoms with E-state index in [1.165, 1.54) is 0 Å². The Bertz CT molecular complexity index is 423. The van der Waals surface area contributed by atoms with E-state index in [9.17, 15) is 9.59 Å². The molecule has 0 bridgehead atoms. The summed E-state index contributed by atoms with van der Waals surface area (Å²) in [6.45, 7) is 1.08. The number of alkyl halides is 1. The van der Waals surface area contributed by atoms with Gasteiger partial charge in [0.1, 0.15) is 0 Å². The number of halogens is 1. The Balaban J connectivity index is 2.12. The summed E-state index contributed by atoms with van der Waals surface area (Å²) in [4.78, 5) is 24.5. The highest BCUT2D eigenvalue weighted by atomic mass is 35.5. The Kier molecular flexibility index (Phi) is 2.81. The average molecular weight is 230 g/mol. The average Bonchev–Trinajstić information content (AvgIpc) is 2.60. The van der Waals surface area contributed by atoms with E-state index in [2.05, 4.69) is 10.2 Å². The maximum atomic E-state index is 11.6. The van der Waals surface area contributed by atoms with E-state index in [1.54, 1.807) is 4.90 Å². The lowest BCUT2D eigenvalue weighted by Gasteiger charge is -2.25. The maximum absolute atomic E-state index is 11.6.